The maximum atomic E-state index is 10.9. The van der Waals surface area contributed by atoms with Gasteiger partial charge >= 0.3 is 0 Å². The molecule has 1 aromatic heterocycles. The Labute approximate surface area is 146 Å². The van der Waals surface area contributed by atoms with Crippen molar-refractivity contribution < 1.29 is 5.11 Å². The topological polar surface area (TPSA) is 47.8 Å². The van der Waals surface area contributed by atoms with Gasteiger partial charge in [0.25, 0.3) is 0 Å². The van der Waals surface area contributed by atoms with Crippen LogP contribution in [0.25, 0.3) is 0 Å². The Morgan fingerprint density at radius 3 is 2.29 bits per heavy atom. The van der Waals surface area contributed by atoms with E-state index in [9.17, 15) is 5.11 Å². The van der Waals surface area contributed by atoms with E-state index in [0.29, 0.717) is 0 Å². The molecule has 0 saturated carbocycles. The molecule has 0 radical (unpaired) electrons. The Bertz CT molecular complexity index is 564. The van der Waals surface area contributed by atoms with E-state index in [0.717, 1.165) is 70.9 Å². The lowest BCUT2D eigenvalue weighted by molar-refractivity contribution is -0.0544. The molecule has 0 unspecified atom stereocenters. The molecule has 0 spiro atoms. The number of piperidine rings is 1. The van der Waals surface area contributed by atoms with Crippen LogP contribution in [-0.4, -0.2) is 88.0 Å². The molecule has 2 aliphatic rings. The van der Waals surface area contributed by atoms with Gasteiger partial charge in [-0.25, -0.2) is 0 Å². The van der Waals surface area contributed by atoms with Gasteiger partial charge < -0.3 is 10.0 Å². The summed E-state index contributed by atoms with van der Waals surface area (Å²) in [5, 5.41) is 15.4. The molecule has 24 heavy (non-hydrogen) atoms. The largest absolute Gasteiger partial charge is 0.387 e. The van der Waals surface area contributed by atoms with Crippen LogP contribution in [0.4, 0.5) is 0 Å². The van der Waals surface area contributed by atoms with Crippen LogP contribution in [0.5, 0.6) is 0 Å². The van der Waals surface area contributed by atoms with E-state index in [4.69, 9.17) is 0 Å². The van der Waals surface area contributed by atoms with Crippen LogP contribution in [0.1, 0.15) is 29.8 Å². The molecular weight excluding hydrogens is 302 g/mol. The summed E-state index contributed by atoms with van der Waals surface area (Å²) in [7, 11) is 4.13. The molecule has 2 fully saturated rings. The minimum atomic E-state index is -0.522. The lowest BCUT2D eigenvalue weighted by Crippen LogP contribution is -2.56. The normalized spacial score (nSPS) is 27.7. The third-order valence-corrected chi connectivity index (χ3v) is 5.77. The number of hydrogen-bond acceptors (Lipinski definition) is 5. The standard InChI is InChI=1S/C18H33N5O/c1-15-17(16(2)21(4)19-15)12-22-8-10-23(11-9-22)14-18(24)6-5-7-20(3)13-18/h24H,5-14H2,1-4H3/t18-/m1/s1. The van der Waals surface area contributed by atoms with E-state index in [1.807, 2.05) is 11.7 Å². The number of rotatable bonds is 4. The van der Waals surface area contributed by atoms with Gasteiger partial charge in [-0.1, -0.05) is 0 Å². The van der Waals surface area contributed by atoms with Crippen LogP contribution in [0.3, 0.4) is 0 Å². The Hall–Kier alpha value is -0.950. The summed E-state index contributed by atoms with van der Waals surface area (Å²) in [5.41, 5.74) is 3.27. The van der Waals surface area contributed by atoms with Crippen molar-refractivity contribution in [3.63, 3.8) is 0 Å². The van der Waals surface area contributed by atoms with Crippen molar-refractivity contribution in [2.75, 3.05) is 52.9 Å². The monoisotopic (exact) mass is 335 g/mol. The van der Waals surface area contributed by atoms with Crippen LogP contribution < -0.4 is 0 Å². The quantitative estimate of drug-likeness (QED) is 0.874. The van der Waals surface area contributed by atoms with Crippen molar-refractivity contribution in [2.24, 2.45) is 7.05 Å². The van der Waals surface area contributed by atoms with Crippen molar-refractivity contribution in [3.8, 4) is 0 Å². The molecule has 0 bridgehead atoms. The predicted octanol–water partition coefficient (Wildman–Crippen LogP) is 0.611. The number of aryl methyl sites for hydroxylation is 2. The van der Waals surface area contributed by atoms with E-state index in [1.54, 1.807) is 0 Å². The van der Waals surface area contributed by atoms with Gasteiger partial charge in [-0.2, -0.15) is 5.10 Å². The van der Waals surface area contributed by atoms with Gasteiger partial charge in [0.2, 0.25) is 0 Å². The number of nitrogens with zero attached hydrogens (tertiary/aromatic N) is 5. The number of hydrogen-bond donors (Lipinski definition) is 1. The summed E-state index contributed by atoms with van der Waals surface area (Å²) >= 11 is 0. The zero-order chi connectivity index (χ0) is 17.3. The van der Waals surface area contributed by atoms with Crippen LogP contribution >= 0.6 is 0 Å². The Morgan fingerprint density at radius 1 is 1.04 bits per heavy atom. The number of piperazine rings is 1. The second-order valence-electron chi connectivity index (χ2n) is 7.89. The Balaban J connectivity index is 1.51. The summed E-state index contributed by atoms with van der Waals surface area (Å²) in [6, 6.07) is 0. The molecule has 6 nitrogen and oxygen atoms in total. The summed E-state index contributed by atoms with van der Waals surface area (Å²) in [5.74, 6) is 0. The van der Waals surface area contributed by atoms with Gasteiger partial charge in [0.15, 0.2) is 0 Å². The summed E-state index contributed by atoms with van der Waals surface area (Å²) in [6.45, 7) is 12.2. The van der Waals surface area contributed by atoms with Crippen LogP contribution in [0.15, 0.2) is 0 Å². The highest BCUT2D eigenvalue weighted by molar-refractivity contribution is 5.24. The minimum absolute atomic E-state index is 0.522. The maximum absolute atomic E-state index is 10.9. The molecule has 0 aromatic carbocycles. The molecule has 3 rings (SSSR count). The summed E-state index contributed by atoms with van der Waals surface area (Å²) < 4.78 is 1.98. The van der Waals surface area contributed by atoms with Crippen molar-refractivity contribution in [3.05, 3.63) is 17.0 Å². The first-order valence-electron chi connectivity index (χ1n) is 9.21. The maximum Gasteiger partial charge on any atom is 0.0900 e. The highest BCUT2D eigenvalue weighted by Gasteiger charge is 2.34. The van der Waals surface area contributed by atoms with Gasteiger partial charge in [0.1, 0.15) is 0 Å². The smallest absolute Gasteiger partial charge is 0.0900 e. The number of likely N-dealkylation sites (tertiary alicyclic amines) is 1. The number of aromatic nitrogens is 2. The van der Waals surface area contributed by atoms with Crippen LogP contribution in [0, 0.1) is 13.8 Å². The molecule has 0 aliphatic carbocycles. The zero-order valence-corrected chi connectivity index (χ0v) is 15.8. The molecular formula is C18H33N5O. The van der Waals surface area contributed by atoms with Crippen molar-refractivity contribution in [2.45, 2.75) is 38.8 Å². The first-order chi connectivity index (χ1) is 11.4. The van der Waals surface area contributed by atoms with Crippen molar-refractivity contribution in [1.82, 2.24) is 24.5 Å². The molecule has 2 aliphatic heterocycles. The van der Waals surface area contributed by atoms with E-state index in [-0.39, 0.29) is 0 Å². The van der Waals surface area contributed by atoms with Crippen molar-refractivity contribution >= 4 is 0 Å². The van der Waals surface area contributed by atoms with E-state index < -0.39 is 5.60 Å². The van der Waals surface area contributed by atoms with Gasteiger partial charge in [-0.15, -0.1) is 0 Å². The number of β-amino-alcohol motifs (C(OH)–C–C–N with tert-alkyl or cyclic N) is 1. The van der Waals surface area contributed by atoms with Gasteiger partial charge in [-0.05, 0) is 40.3 Å². The van der Waals surface area contributed by atoms with Crippen LogP contribution in [0.2, 0.25) is 0 Å². The zero-order valence-electron chi connectivity index (χ0n) is 15.8. The van der Waals surface area contributed by atoms with E-state index >= 15 is 0 Å². The molecule has 1 atom stereocenters. The molecule has 3 heterocycles. The van der Waals surface area contributed by atoms with Gasteiger partial charge in [0.05, 0.1) is 11.3 Å². The first-order valence-corrected chi connectivity index (χ1v) is 9.21. The Morgan fingerprint density at radius 2 is 1.71 bits per heavy atom. The lowest BCUT2D eigenvalue weighted by Gasteiger charge is -2.43. The average molecular weight is 335 g/mol. The molecule has 136 valence electrons. The van der Waals surface area contributed by atoms with Gasteiger partial charge in [0, 0.05) is 64.1 Å². The van der Waals surface area contributed by atoms with E-state index in [1.165, 1.54) is 11.3 Å². The predicted molar refractivity (Wildman–Crippen MR) is 96.1 cm³/mol. The molecule has 2 saturated heterocycles. The number of likely N-dealkylation sites (N-methyl/N-ethyl adjacent to an activating group) is 1. The summed E-state index contributed by atoms with van der Waals surface area (Å²) in [6.07, 6.45) is 2.04. The first kappa shape index (κ1) is 17.9. The molecule has 0 amide bonds. The SMILES string of the molecule is Cc1nn(C)c(C)c1CN1CCN(C[C@@]2(O)CCCN(C)C2)CC1. The van der Waals surface area contributed by atoms with Crippen LogP contribution in [-0.2, 0) is 13.6 Å². The second kappa shape index (κ2) is 7.12. The molecule has 6 heteroatoms. The van der Waals surface area contributed by atoms with E-state index in [2.05, 4.69) is 40.7 Å². The Kier molecular flexibility index (Phi) is 5.30. The van der Waals surface area contributed by atoms with Crippen molar-refractivity contribution in [1.29, 1.82) is 0 Å². The second-order valence-corrected chi connectivity index (χ2v) is 7.89. The molecule has 1 aromatic rings. The summed E-state index contributed by atoms with van der Waals surface area (Å²) in [4.78, 5) is 7.22. The third kappa shape index (κ3) is 3.99. The minimum Gasteiger partial charge on any atom is -0.387 e. The van der Waals surface area contributed by atoms with Gasteiger partial charge in [-0.3, -0.25) is 14.5 Å². The third-order valence-electron chi connectivity index (χ3n) is 5.77. The fourth-order valence-corrected chi connectivity index (χ4v) is 4.26. The highest BCUT2D eigenvalue weighted by atomic mass is 16.3. The fraction of sp³-hybridized carbons (Fsp3) is 0.833. The fourth-order valence-electron chi connectivity index (χ4n) is 4.26. The highest BCUT2D eigenvalue weighted by Crippen LogP contribution is 2.22. The lowest BCUT2D eigenvalue weighted by atomic mass is 9.92. The number of aliphatic hydroxyl groups is 1. The average Bonchev–Trinajstić information content (AvgIpc) is 2.75. The molecule has 1 N–H and O–H groups in total.